The summed E-state index contributed by atoms with van der Waals surface area (Å²) in [4.78, 5) is 23.5. The summed E-state index contributed by atoms with van der Waals surface area (Å²) in [6.07, 6.45) is 3.88. The fourth-order valence-electron chi connectivity index (χ4n) is 3.61. The highest BCUT2D eigenvalue weighted by atomic mass is 32.1. The minimum atomic E-state index is -0.520. The Morgan fingerprint density at radius 2 is 2.36 bits per heavy atom. The van der Waals surface area contributed by atoms with Gasteiger partial charge in [-0.1, -0.05) is 5.16 Å². The summed E-state index contributed by atoms with van der Waals surface area (Å²) in [6, 6.07) is 1.95. The number of primary amides is 1. The number of nitrogens with zero attached hydrogens (tertiary/aromatic N) is 4. The van der Waals surface area contributed by atoms with E-state index in [-0.39, 0.29) is 0 Å². The molecule has 10 heteroatoms. The van der Waals surface area contributed by atoms with E-state index < -0.39 is 5.91 Å². The molecule has 1 aliphatic rings. The van der Waals surface area contributed by atoms with Crippen molar-refractivity contribution in [3.05, 3.63) is 28.9 Å². The van der Waals surface area contributed by atoms with Crippen LogP contribution in [-0.4, -0.2) is 40.7 Å². The summed E-state index contributed by atoms with van der Waals surface area (Å²) in [6.45, 7) is 4.47. The molecule has 4 rings (SSSR count). The molecule has 4 heterocycles. The first-order valence-corrected chi connectivity index (χ1v) is 9.93. The van der Waals surface area contributed by atoms with Crippen molar-refractivity contribution in [2.45, 2.75) is 26.4 Å². The Balaban J connectivity index is 1.47. The molecule has 1 atom stereocenters. The van der Waals surface area contributed by atoms with E-state index in [4.69, 9.17) is 20.7 Å². The van der Waals surface area contributed by atoms with Crippen molar-refractivity contribution < 1.29 is 14.1 Å². The summed E-state index contributed by atoms with van der Waals surface area (Å²) in [5, 5.41) is 4.65. The van der Waals surface area contributed by atoms with Gasteiger partial charge >= 0.3 is 0 Å². The number of ether oxygens (including phenoxy) is 1. The van der Waals surface area contributed by atoms with Gasteiger partial charge in [0, 0.05) is 26.2 Å². The van der Waals surface area contributed by atoms with Crippen LogP contribution in [0.2, 0.25) is 0 Å². The minimum Gasteiger partial charge on any atom is -0.397 e. The predicted octanol–water partition coefficient (Wildman–Crippen LogP) is 2.10. The van der Waals surface area contributed by atoms with Gasteiger partial charge in [-0.3, -0.25) is 4.79 Å². The third-order valence-electron chi connectivity index (χ3n) is 4.84. The van der Waals surface area contributed by atoms with Crippen molar-refractivity contribution in [1.29, 1.82) is 0 Å². The first-order valence-electron chi connectivity index (χ1n) is 9.11. The number of nitrogen functional groups attached to an aromatic ring is 1. The molecule has 4 N–H and O–H groups in total. The molecule has 0 saturated carbocycles. The molecule has 1 aliphatic heterocycles. The zero-order valence-electron chi connectivity index (χ0n) is 15.6. The summed E-state index contributed by atoms with van der Waals surface area (Å²) >= 11 is 1.24. The third kappa shape index (κ3) is 3.65. The molecule has 0 aromatic carbocycles. The number of piperidine rings is 1. The number of carbonyl (C=O) groups excluding carboxylic acids is 1. The minimum absolute atomic E-state index is 0.340. The van der Waals surface area contributed by atoms with E-state index >= 15 is 0 Å². The highest BCUT2D eigenvalue weighted by Crippen LogP contribution is 2.39. The highest BCUT2D eigenvalue weighted by Gasteiger charge is 2.25. The van der Waals surface area contributed by atoms with Crippen molar-refractivity contribution >= 4 is 38.8 Å². The maximum absolute atomic E-state index is 11.6. The first kappa shape index (κ1) is 18.6. The number of aromatic nitrogens is 3. The average molecular weight is 402 g/mol. The number of hydrogen-bond acceptors (Lipinski definition) is 9. The van der Waals surface area contributed by atoms with Gasteiger partial charge in [0.2, 0.25) is 5.89 Å². The third-order valence-corrected chi connectivity index (χ3v) is 5.97. The Bertz CT molecular complexity index is 1000. The monoisotopic (exact) mass is 402 g/mol. The van der Waals surface area contributed by atoms with Crippen LogP contribution in [0.25, 0.3) is 10.2 Å². The maximum Gasteiger partial charge on any atom is 0.260 e. The molecule has 0 spiro atoms. The predicted molar refractivity (Wildman–Crippen MR) is 106 cm³/mol. The van der Waals surface area contributed by atoms with E-state index in [1.165, 1.54) is 11.3 Å². The van der Waals surface area contributed by atoms with E-state index in [1.807, 2.05) is 6.07 Å². The standard InChI is InChI=1S/C18H22N6O3S/c1-10-22-13(23-27-10)9-26-8-11-3-2-6-24(7-11)12-4-5-21-18-14(12)15(19)16(28-18)17(20)25/h4-5,11H,2-3,6-9,19H2,1H3,(H2,20,25)/t11-/m0/s1. The van der Waals surface area contributed by atoms with E-state index in [1.54, 1.807) is 13.1 Å². The lowest BCUT2D eigenvalue weighted by Crippen LogP contribution is -2.37. The molecule has 0 unspecified atom stereocenters. The van der Waals surface area contributed by atoms with Gasteiger partial charge in [0.05, 0.1) is 23.4 Å². The number of hydrogen-bond donors (Lipinski definition) is 2. The molecule has 0 bridgehead atoms. The van der Waals surface area contributed by atoms with Gasteiger partial charge in [0.25, 0.3) is 5.91 Å². The zero-order valence-corrected chi connectivity index (χ0v) is 16.4. The molecule has 1 saturated heterocycles. The van der Waals surface area contributed by atoms with Crippen LogP contribution in [0.4, 0.5) is 11.4 Å². The number of nitrogens with two attached hydrogens (primary N) is 2. The number of pyridine rings is 1. The fraction of sp³-hybridized carbons (Fsp3) is 0.444. The van der Waals surface area contributed by atoms with Crippen LogP contribution in [0.5, 0.6) is 0 Å². The largest absolute Gasteiger partial charge is 0.397 e. The molecule has 28 heavy (non-hydrogen) atoms. The maximum atomic E-state index is 11.6. The number of aryl methyl sites for hydroxylation is 1. The van der Waals surface area contributed by atoms with E-state index in [0.29, 0.717) is 41.4 Å². The molecular formula is C18H22N6O3S. The molecule has 9 nitrogen and oxygen atoms in total. The van der Waals surface area contributed by atoms with Crippen molar-refractivity contribution in [2.75, 3.05) is 30.3 Å². The number of rotatable bonds is 6. The summed E-state index contributed by atoms with van der Waals surface area (Å²) in [5.41, 5.74) is 13.1. The molecule has 1 fully saturated rings. The second kappa shape index (κ2) is 7.72. The van der Waals surface area contributed by atoms with Gasteiger partial charge in [-0.2, -0.15) is 4.98 Å². The lowest BCUT2D eigenvalue weighted by molar-refractivity contribution is 0.0762. The lowest BCUT2D eigenvalue weighted by atomic mass is 9.98. The van der Waals surface area contributed by atoms with Gasteiger partial charge in [-0.05, 0) is 24.8 Å². The normalized spacial score (nSPS) is 17.3. The number of anilines is 2. The van der Waals surface area contributed by atoms with Crippen LogP contribution in [-0.2, 0) is 11.3 Å². The van der Waals surface area contributed by atoms with Crippen molar-refractivity contribution in [2.24, 2.45) is 11.7 Å². The van der Waals surface area contributed by atoms with Crippen LogP contribution in [0, 0.1) is 12.8 Å². The summed E-state index contributed by atoms with van der Waals surface area (Å²) < 4.78 is 10.7. The Hall–Kier alpha value is -2.72. The van der Waals surface area contributed by atoms with Gasteiger partial charge in [0.15, 0.2) is 5.82 Å². The Morgan fingerprint density at radius 1 is 1.50 bits per heavy atom. The van der Waals surface area contributed by atoms with Crippen molar-refractivity contribution in [3.63, 3.8) is 0 Å². The SMILES string of the molecule is Cc1nc(COC[C@H]2CCCN(c3ccnc4sc(C(N)=O)c(N)c34)C2)no1. The molecule has 0 aliphatic carbocycles. The topological polar surface area (TPSA) is 133 Å². The number of amides is 1. The second-order valence-electron chi connectivity index (χ2n) is 6.92. The molecule has 1 amide bonds. The molecule has 148 valence electrons. The van der Waals surface area contributed by atoms with Crippen LogP contribution in [0.15, 0.2) is 16.8 Å². The Kier molecular flexibility index (Phi) is 5.14. The summed E-state index contributed by atoms with van der Waals surface area (Å²) in [5.74, 6) is 0.951. The van der Waals surface area contributed by atoms with Crippen LogP contribution < -0.4 is 16.4 Å². The lowest BCUT2D eigenvalue weighted by Gasteiger charge is -2.34. The highest BCUT2D eigenvalue weighted by molar-refractivity contribution is 7.21. The van der Waals surface area contributed by atoms with Crippen LogP contribution in [0.3, 0.4) is 0 Å². The Labute approximate surface area is 165 Å². The smallest absolute Gasteiger partial charge is 0.260 e. The molecular weight excluding hydrogens is 380 g/mol. The van der Waals surface area contributed by atoms with Crippen molar-refractivity contribution in [3.8, 4) is 0 Å². The van der Waals surface area contributed by atoms with Gasteiger partial charge in [-0.25, -0.2) is 4.98 Å². The Morgan fingerprint density at radius 3 is 3.11 bits per heavy atom. The van der Waals surface area contributed by atoms with Gasteiger partial charge in [0.1, 0.15) is 16.3 Å². The van der Waals surface area contributed by atoms with E-state index in [0.717, 1.165) is 41.8 Å². The van der Waals surface area contributed by atoms with Gasteiger partial charge in [-0.15, -0.1) is 11.3 Å². The number of fused-ring (bicyclic) bond motifs is 1. The first-order chi connectivity index (χ1) is 13.5. The molecule has 3 aromatic heterocycles. The van der Waals surface area contributed by atoms with Gasteiger partial charge < -0.3 is 25.6 Å². The van der Waals surface area contributed by atoms with Crippen LogP contribution >= 0.6 is 11.3 Å². The average Bonchev–Trinajstić information content (AvgIpc) is 3.25. The summed E-state index contributed by atoms with van der Waals surface area (Å²) in [7, 11) is 0. The number of carbonyl (C=O) groups is 1. The fourth-order valence-corrected chi connectivity index (χ4v) is 4.55. The van der Waals surface area contributed by atoms with E-state index in [2.05, 4.69) is 20.0 Å². The van der Waals surface area contributed by atoms with E-state index in [9.17, 15) is 4.79 Å². The van der Waals surface area contributed by atoms with Crippen molar-refractivity contribution in [1.82, 2.24) is 15.1 Å². The van der Waals surface area contributed by atoms with Crippen LogP contribution in [0.1, 0.15) is 34.2 Å². The quantitative estimate of drug-likeness (QED) is 0.640. The zero-order chi connectivity index (χ0) is 19.7. The second-order valence-corrected chi connectivity index (χ2v) is 7.92. The molecule has 3 aromatic rings. The molecule has 0 radical (unpaired) electrons. The number of thiophene rings is 1.